The van der Waals surface area contributed by atoms with Gasteiger partial charge in [0.2, 0.25) is 0 Å². The Morgan fingerprint density at radius 2 is 1.91 bits per heavy atom. The van der Waals surface area contributed by atoms with Crippen molar-refractivity contribution in [2.24, 2.45) is 0 Å². The Bertz CT molecular complexity index is 892. The van der Waals surface area contributed by atoms with Gasteiger partial charge in [0.1, 0.15) is 12.2 Å². The van der Waals surface area contributed by atoms with Gasteiger partial charge in [-0.05, 0) is 34.1 Å². The minimum atomic E-state index is -1.56. The van der Waals surface area contributed by atoms with E-state index in [-0.39, 0.29) is 37.8 Å². The standard InChI is InChI=1S/C22H37N4O7P/c1-7-17-19(33-34(31-12-8-10-23)26(15(2)3)16(4)5)20(30-14-13-29-6)21(32-17)25-11-9-18(27)24-22(25)28/h9,11,15-17,19-21H,7-8,12-14H2,1-6H3,(H,24,27,28). The number of nitrogens with one attached hydrogen (secondary N) is 1. The summed E-state index contributed by atoms with van der Waals surface area (Å²) in [5, 5.41) is 8.98. The minimum Gasteiger partial charge on any atom is -0.382 e. The van der Waals surface area contributed by atoms with Gasteiger partial charge >= 0.3 is 5.69 Å². The lowest BCUT2D eigenvalue weighted by Gasteiger charge is -2.38. The van der Waals surface area contributed by atoms with E-state index in [1.54, 1.807) is 7.11 Å². The number of hydrogen-bond donors (Lipinski definition) is 1. The molecule has 12 heteroatoms. The van der Waals surface area contributed by atoms with Crippen LogP contribution in [-0.2, 0) is 23.3 Å². The molecule has 2 heterocycles. The molecule has 0 spiro atoms. The number of H-pyrrole nitrogens is 1. The number of rotatable bonds is 14. The van der Waals surface area contributed by atoms with Crippen LogP contribution in [0.3, 0.4) is 0 Å². The molecule has 11 nitrogen and oxygen atoms in total. The summed E-state index contributed by atoms with van der Waals surface area (Å²) >= 11 is 0. The average molecular weight is 501 g/mol. The van der Waals surface area contributed by atoms with Crippen molar-refractivity contribution in [2.45, 2.75) is 84.1 Å². The normalized spacial score (nSPS) is 23.6. The molecule has 1 aromatic rings. The summed E-state index contributed by atoms with van der Waals surface area (Å²) in [7, 11) is 0.0179. The third-order valence-electron chi connectivity index (χ3n) is 5.29. The first kappa shape index (κ1) is 28.6. The van der Waals surface area contributed by atoms with Crippen molar-refractivity contribution in [2.75, 3.05) is 26.9 Å². The Morgan fingerprint density at radius 3 is 2.47 bits per heavy atom. The van der Waals surface area contributed by atoms with Gasteiger partial charge in [0.25, 0.3) is 14.1 Å². The topological polar surface area (TPSA) is 128 Å². The van der Waals surface area contributed by atoms with E-state index in [0.717, 1.165) is 0 Å². The molecule has 192 valence electrons. The molecule has 1 N–H and O–H groups in total. The van der Waals surface area contributed by atoms with Gasteiger partial charge in [-0.25, -0.2) is 9.46 Å². The SMILES string of the molecule is CCC1OC(n2ccc(=O)[nH]c2=O)C(OCCOC)C1OP(OCCC#N)N(C(C)C)C(C)C. The fourth-order valence-corrected chi connectivity index (χ4v) is 5.63. The third kappa shape index (κ3) is 7.43. The van der Waals surface area contributed by atoms with E-state index in [2.05, 4.69) is 43.4 Å². The molecule has 1 aliphatic heterocycles. The average Bonchev–Trinajstić information content (AvgIpc) is 3.10. The molecular formula is C22H37N4O7P. The lowest BCUT2D eigenvalue weighted by molar-refractivity contribution is -0.0785. The number of nitriles is 1. The monoisotopic (exact) mass is 500 g/mol. The second-order valence-corrected chi connectivity index (χ2v) is 9.84. The van der Waals surface area contributed by atoms with Crippen molar-refractivity contribution in [1.29, 1.82) is 5.26 Å². The highest BCUT2D eigenvalue weighted by atomic mass is 31.2. The number of nitrogens with zero attached hydrogens (tertiary/aromatic N) is 3. The Hall–Kier alpha value is -1.64. The second-order valence-electron chi connectivity index (χ2n) is 8.44. The largest absolute Gasteiger partial charge is 0.382 e. The molecule has 1 saturated heterocycles. The van der Waals surface area contributed by atoms with Crippen LogP contribution in [0.2, 0.25) is 0 Å². The van der Waals surface area contributed by atoms with Crippen molar-refractivity contribution in [3.05, 3.63) is 33.1 Å². The van der Waals surface area contributed by atoms with Gasteiger partial charge in [0.05, 0.1) is 38.4 Å². The highest BCUT2D eigenvalue weighted by Gasteiger charge is 2.49. The van der Waals surface area contributed by atoms with Crippen LogP contribution < -0.4 is 11.2 Å². The van der Waals surface area contributed by atoms with Gasteiger partial charge in [0, 0.05) is 31.5 Å². The summed E-state index contributed by atoms with van der Waals surface area (Å²) in [4.78, 5) is 26.4. The summed E-state index contributed by atoms with van der Waals surface area (Å²) < 4.78 is 33.6. The van der Waals surface area contributed by atoms with E-state index in [4.69, 9.17) is 28.5 Å². The van der Waals surface area contributed by atoms with Gasteiger partial charge in [-0.2, -0.15) is 5.26 Å². The Labute approximate surface area is 201 Å². The molecule has 0 saturated carbocycles. The predicted molar refractivity (Wildman–Crippen MR) is 127 cm³/mol. The second kappa shape index (κ2) is 14.0. The molecule has 0 bridgehead atoms. The lowest BCUT2D eigenvalue weighted by Crippen LogP contribution is -2.42. The molecule has 2 rings (SSSR count). The Morgan fingerprint density at radius 1 is 1.21 bits per heavy atom. The van der Waals surface area contributed by atoms with Crippen molar-refractivity contribution >= 4 is 8.53 Å². The molecule has 1 aromatic heterocycles. The maximum Gasteiger partial charge on any atom is 0.330 e. The predicted octanol–water partition coefficient (Wildman–Crippen LogP) is 2.54. The summed E-state index contributed by atoms with van der Waals surface area (Å²) in [6.07, 6.45) is -0.162. The first-order chi connectivity index (χ1) is 16.2. The molecule has 34 heavy (non-hydrogen) atoms. The van der Waals surface area contributed by atoms with Gasteiger partial charge in [-0.1, -0.05) is 6.92 Å². The smallest absolute Gasteiger partial charge is 0.330 e. The minimum absolute atomic E-state index is 0.126. The number of hydrogen-bond acceptors (Lipinski definition) is 9. The van der Waals surface area contributed by atoms with Crippen molar-refractivity contribution in [1.82, 2.24) is 14.2 Å². The van der Waals surface area contributed by atoms with Crippen molar-refractivity contribution < 1.29 is 23.3 Å². The van der Waals surface area contributed by atoms with E-state index in [9.17, 15) is 9.59 Å². The van der Waals surface area contributed by atoms with Crippen LogP contribution >= 0.6 is 8.53 Å². The van der Waals surface area contributed by atoms with E-state index in [1.807, 2.05) is 6.92 Å². The van der Waals surface area contributed by atoms with Gasteiger partial charge < -0.3 is 23.3 Å². The van der Waals surface area contributed by atoms with Crippen LogP contribution in [0.25, 0.3) is 0 Å². The van der Waals surface area contributed by atoms with Crippen LogP contribution in [0.1, 0.15) is 53.7 Å². The van der Waals surface area contributed by atoms with Gasteiger partial charge in [-0.3, -0.25) is 14.3 Å². The van der Waals surface area contributed by atoms with Crippen LogP contribution in [0.5, 0.6) is 0 Å². The van der Waals surface area contributed by atoms with Gasteiger partial charge in [0.15, 0.2) is 6.23 Å². The lowest BCUT2D eigenvalue weighted by atomic mass is 10.1. The van der Waals surface area contributed by atoms with E-state index >= 15 is 0 Å². The van der Waals surface area contributed by atoms with Gasteiger partial charge in [-0.15, -0.1) is 0 Å². The van der Waals surface area contributed by atoms with Crippen molar-refractivity contribution in [3.8, 4) is 6.07 Å². The summed E-state index contributed by atoms with van der Waals surface area (Å²) in [6, 6.07) is 3.62. The molecule has 1 aliphatic rings. The molecule has 0 amide bonds. The summed E-state index contributed by atoms with van der Waals surface area (Å²) in [5.41, 5.74) is -1.08. The van der Waals surface area contributed by atoms with Crippen LogP contribution in [-0.4, -0.2) is 71.5 Å². The molecule has 0 aliphatic carbocycles. The zero-order valence-electron chi connectivity index (χ0n) is 20.8. The molecular weight excluding hydrogens is 463 g/mol. The maximum atomic E-state index is 12.5. The molecule has 5 unspecified atom stereocenters. The number of aromatic nitrogens is 2. The summed E-state index contributed by atoms with van der Waals surface area (Å²) in [6.45, 7) is 11.1. The highest BCUT2D eigenvalue weighted by Crippen LogP contribution is 2.50. The molecule has 0 aromatic carbocycles. The third-order valence-corrected chi connectivity index (χ3v) is 7.41. The quantitative estimate of drug-likeness (QED) is 0.303. The maximum absolute atomic E-state index is 12.5. The first-order valence-electron chi connectivity index (χ1n) is 11.6. The van der Waals surface area contributed by atoms with Crippen molar-refractivity contribution in [3.63, 3.8) is 0 Å². The highest BCUT2D eigenvalue weighted by molar-refractivity contribution is 7.44. The molecule has 0 radical (unpaired) electrons. The zero-order valence-corrected chi connectivity index (χ0v) is 21.7. The number of methoxy groups -OCH3 is 1. The van der Waals surface area contributed by atoms with Crippen LogP contribution in [0, 0.1) is 11.3 Å². The fraction of sp³-hybridized carbons (Fsp3) is 0.773. The van der Waals surface area contributed by atoms with E-state index in [1.165, 1.54) is 16.8 Å². The molecule has 5 atom stereocenters. The number of ether oxygens (including phenoxy) is 3. The molecule has 1 fully saturated rings. The fourth-order valence-electron chi connectivity index (χ4n) is 3.86. The zero-order chi connectivity index (χ0) is 25.3. The summed E-state index contributed by atoms with van der Waals surface area (Å²) in [5.74, 6) is 0. The van der Waals surface area contributed by atoms with Crippen LogP contribution in [0.4, 0.5) is 0 Å². The van der Waals surface area contributed by atoms with Crippen LogP contribution in [0.15, 0.2) is 21.9 Å². The van der Waals surface area contributed by atoms with E-state index < -0.39 is 38.2 Å². The number of aromatic amines is 1. The first-order valence-corrected chi connectivity index (χ1v) is 12.7. The Balaban J connectivity index is 2.41. The van der Waals surface area contributed by atoms with E-state index in [0.29, 0.717) is 13.0 Å². The Kier molecular flexibility index (Phi) is 11.8.